The third-order valence-electron chi connectivity index (χ3n) is 5.18. The van der Waals surface area contributed by atoms with Crippen LogP contribution in [0.5, 0.6) is 0 Å². The molecule has 4 rings (SSSR count). The second kappa shape index (κ2) is 7.05. The van der Waals surface area contributed by atoms with Gasteiger partial charge in [-0.1, -0.05) is 85.5 Å². The zero-order valence-electron chi connectivity index (χ0n) is 15.1. The highest BCUT2D eigenvalue weighted by Crippen LogP contribution is 2.32. The fraction of sp³-hybridized carbons (Fsp3) is 0.120. The van der Waals surface area contributed by atoms with Gasteiger partial charge in [0, 0.05) is 30.1 Å². The highest BCUT2D eigenvalue weighted by molar-refractivity contribution is 5.84. The number of aromatic nitrogens is 1. The van der Waals surface area contributed by atoms with E-state index in [0.717, 1.165) is 12.0 Å². The molecule has 0 saturated heterocycles. The maximum atomic E-state index is 3.87. The van der Waals surface area contributed by atoms with Crippen LogP contribution >= 0.6 is 0 Å². The molecule has 1 heteroatoms. The zero-order valence-corrected chi connectivity index (χ0v) is 15.1. The highest BCUT2D eigenvalue weighted by atomic mass is 14.9. The van der Waals surface area contributed by atoms with Crippen molar-refractivity contribution < 1.29 is 0 Å². The summed E-state index contributed by atoms with van der Waals surface area (Å²) in [5, 5.41) is 1.35. The molecule has 1 aromatic heterocycles. The Labute approximate surface area is 155 Å². The summed E-state index contributed by atoms with van der Waals surface area (Å²) in [7, 11) is 2.13. The molecule has 3 aromatic carbocycles. The van der Waals surface area contributed by atoms with Gasteiger partial charge in [-0.3, -0.25) is 0 Å². The van der Waals surface area contributed by atoms with Gasteiger partial charge in [-0.15, -0.1) is 0 Å². The Morgan fingerprint density at radius 2 is 1.50 bits per heavy atom. The third-order valence-corrected chi connectivity index (χ3v) is 5.18. The summed E-state index contributed by atoms with van der Waals surface area (Å²) >= 11 is 0. The van der Waals surface area contributed by atoms with Crippen molar-refractivity contribution in [1.82, 2.24) is 4.57 Å². The molecule has 0 aliphatic heterocycles. The van der Waals surface area contributed by atoms with Gasteiger partial charge in [0.2, 0.25) is 0 Å². The van der Waals surface area contributed by atoms with Crippen LogP contribution in [0.4, 0.5) is 0 Å². The summed E-state index contributed by atoms with van der Waals surface area (Å²) in [4.78, 5) is 0. The normalized spacial score (nSPS) is 12.2. The molecule has 128 valence electrons. The Morgan fingerprint density at radius 3 is 2.23 bits per heavy atom. The number of nitrogens with zero attached hydrogens (tertiary/aromatic N) is 1. The average molecular weight is 337 g/mol. The SMILES string of the molecule is C=Cc1ccc(C(Cc2cn(C)c3ccccc23)c2ccccc2)cc1. The molecule has 0 fully saturated rings. The molecule has 1 nitrogen and oxygen atoms in total. The van der Waals surface area contributed by atoms with Gasteiger partial charge in [0.25, 0.3) is 0 Å². The fourth-order valence-corrected chi connectivity index (χ4v) is 3.79. The first kappa shape index (κ1) is 16.4. The van der Waals surface area contributed by atoms with Crippen molar-refractivity contribution in [3.05, 3.63) is 114 Å². The van der Waals surface area contributed by atoms with Crippen molar-refractivity contribution in [2.24, 2.45) is 7.05 Å². The molecular weight excluding hydrogens is 314 g/mol. The van der Waals surface area contributed by atoms with Gasteiger partial charge < -0.3 is 4.57 Å². The Bertz CT molecular complexity index is 1020. The number of hydrogen-bond donors (Lipinski definition) is 0. The maximum absolute atomic E-state index is 3.87. The monoisotopic (exact) mass is 337 g/mol. The second-order valence-electron chi connectivity index (χ2n) is 6.82. The van der Waals surface area contributed by atoms with E-state index < -0.39 is 0 Å². The van der Waals surface area contributed by atoms with Gasteiger partial charge in [0.15, 0.2) is 0 Å². The van der Waals surface area contributed by atoms with Crippen LogP contribution in [-0.2, 0) is 13.5 Å². The fourth-order valence-electron chi connectivity index (χ4n) is 3.79. The Balaban J connectivity index is 1.78. The molecule has 0 aliphatic rings. The molecule has 26 heavy (non-hydrogen) atoms. The summed E-state index contributed by atoms with van der Waals surface area (Å²) in [6.07, 6.45) is 5.16. The number of fused-ring (bicyclic) bond motifs is 1. The molecule has 0 amide bonds. The van der Waals surface area contributed by atoms with E-state index in [0.29, 0.717) is 5.92 Å². The van der Waals surface area contributed by atoms with E-state index in [1.54, 1.807) is 0 Å². The number of rotatable bonds is 5. The van der Waals surface area contributed by atoms with Gasteiger partial charge in [0.05, 0.1) is 0 Å². The van der Waals surface area contributed by atoms with E-state index in [2.05, 4.69) is 103 Å². The minimum absolute atomic E-state index is 0.334. The van der Waals surface area contributed by atoms with Crippen LogP contribution in [0.1, 0.15) is 28.2 Å². The van der Waals surface area contributed by atoms with Crippen molar-refractivity contribution in [3.63, 3.8) is 0 Å². The van der Waals surface area contributed by atoms with Crippen molar-refractivity contribution in [3.8, 4) is 0 Å². The Morgan fingerprint density at radius 1 is 0.846 bits per heavy atom. The number of hydrogen-bond acceptors (Lipinski definition) is 0. The number of aryl methyl sites for hydroxylation is 1. The van der Waals surface area contributed by atoms with Crippen molar-refractivity contribution in [2.45, 2.75) is 12.3 Å². The molecular formula is C25H23N. The molecule has 0 spiro atoms. The molecule has 0 saturated carbocycles. The smallest absolute Gasteiger partial charge is 0.0480 e. The van der Waals surface area contributed by atoms with E-state index in [1.165, 1.54) is 27.6 Å². The first-order chi connectivity index (χ1) is 12.8. The van der Waals surface area contributed by atoms with E-state index >= 15 is 0 Å². The van der Waals surface area contributed by atoms with E-state index in [1.807, 2.05) is 6.08 Å². The summed E-state index contributed by atoms with van der Waals surface area (Å²) in [5.74, 6) is 0.334. The average Bonchev–Trinajstić information content (AvgIpc) is 3.03. The van der Waals surface area contributed by atoms with Gasteiger partial charge >= 0.3 is 0 Å². The standard InChI is InChI=1S/C25H23N/c1-3-19-13-15-21(16-14-19)24(20-9-5-4-6-10-20)17-22-18-26(2)25-12-8-7-11-23(22)25/h3-16,18,24H,1,17H2,2H3. The van der Waals surface area contributed by atoms with Gasteiger partial charge in [-0.05, 0) is 34.7 Å². The zero-order chi connectivity index (χ0) is 17.9. The molecule has 1 heterocycles. The Hall–Kier alpha value is -3.06. The van der Waals surface area contributed by atoms with Crippen LogP contribution in [0.3, 0.4) is 0 Å². The van der Waals surface area contributed by atoms with E-state index in [-0.39, 0.29) is 0 Å². The van der Waals surface area contributed by atoms with Crippen LogP contribution < -0.4 is 0 Å². The summed E-state index contributed by atoms with van der Waals surface area (Å²) in [6.45, 7) is 3.87. The van der Waals surface area contributed by atoms with Gasteiger partial charge in [-0.25, -0.2) is 0 Å². The van der Waals surface area contributed by atoms with Gasteiger partial charge in [-0.2, -0.15) is 0 Å². The second-order valence-corrected chi connectivity index (χ2v) is 6.82. The van der Waals surface area contributed by atoms with Crippen molar-refractivity contribution in [1.29, 1.82) is 0 Å². The van der Waals surface area contributed by atoms with Crippen LogP contribution in [0.15, 0.2) is 91.6 Å². The largest absolute Gasteiger partial charge is 0.350 e. The lowest BCUT2D eigenvalue weighted by Crippen LogP contribution is -2.05. The molecule has 0 radical (unpaired) electrons. The number of para-hydroxylation sites is 1. The molecule has 0 N–H and O–H groups in total. The molecule has 1 atom stereocenters. The lowest BCUT2D eigenvalue weighted by Gasteiger charge is -2.18. The quantitative estimate of drug-likeness (QED) is 0.409. The topological polar surface area (TPSA) is 4.93 Å². The van der Waals surface area contributed by atoms with Crippen LogP contribution in [0, 0.1) is 0 Å². The summed E-state index contributed by atoms with van der Waals surface area (Å²) < 4.78 is 2.23. The molecule has 4 aromatic rings. The molecule has 0 bridgehead atoms. The first-order valence-electron chi connectivity index (χ1n) is 9.06. The minimum Gasteiger partial charge on any atom is -0.350 e. The lowest BCUT2D eigenvalue weighted by molar-refractivity contribution is 0.803. The number of benzene rings is 3. The van der Waals surface area contributed by atoms with Crippen LogP contribution in [-0.4, -0.2) is 4.57 Å². The van der Waals surface area contributed by atoms with Gasteiger partial charge in [0.1, 0.15) is 0 Å². The van der Waals surface area contributed by atoms with E-state index in [9.17, 15) is 0 Å². The summed E-state index contributed by atoms with van der Waals surface area (Å²) in [6, 6.07) is 28.2. The predicted molar refractivity (Wildman–Crippen MR) is 111 cm³/mol. The summed E-state index contributed by atoms with van der Waals surface area (Å²) in [5.41, 5.74) is 6.54. The lowest BCUT2D eigenvalue weighted by atomic mass is 9.85. The minimum atomic E-state index is 0.334. The third kappa shape index (κ3) is 3.09. The molecule has 0 aliphatic carbocycles. The maximum Gasteiger partial charge on any atom is 0.0480 e. The highest BCUT2D eigenvalue weighted by Gasteiger charge is 2.17. The predicted octanol–water partition coefficient (Wildman–Crippen LogP) is 6.20. The van der Waals surface area contributed by atoms with Crippen molar-refractivity contribution >= 4 is 17.0 Å². The molecule has 1 unspecified atom stereocenters. The van der Waals surface area contributed by atoms with Crippen molar-refractivity contribution in [2.75, 3.05) is 0 Å². The first-order valence-corrected chi connectivity index (χ1v) is 9.06. The van der Waals surface area contributed by atoms with Crippen LogP contribution in [0.2, 0.25) is 0 Å². The Kier molecular flexibility index (Phi) is 4.45. The van der Waals surface area contributed by atoms with E-state index in [4.69, 9.17) is 0 Å². The van der Waals surface area contributed by atoms with Crippen LogP contribution in [0.25, 0.3) is 17.0 Å².